The number of piperidine rings is 4. The molecule has 6 rings (SSSR count). The maximum Gasteiger partial charge on any atom is 0.258 e. The molecule has 2 unspecified atom stereocenters. The topological polar surface area (TPSA) is 61.7 Å². The quantitative estimate of drug-likeness (QED) is 0.690. The van der Waals surface area contributed by atoms with Crippen LogP contribution in [0.2, 0.25) is 0 Å². The minimum atomic E-state index is -2.60. The van der Waals surface area contributed by atoms with E-state index in [1.165, 1.54) is 0 Å². The summed E-state index contributed by atoms with van der Waals surface area (Å²) in [5, 5.41) is 0. The molecule has 0 aromatic carbocycles. The van der Waals surface area contributed by atoms with E-state index in [4.69, 9.17) is 0 Å². The lowest BCUT2D eigenvalue weighted by atomic mass is 9.71. The third-order valence-electron chi connectivity index (χ3n) is 8.63. The van der Waals surface area contributed by atoms with Gasteiger partial charge in [0, 0.05) is 63.5 Å². The summed E-state index contributed by atoms with van der Waals surface area (Å²) in [5.41, 5.74) is 0. The summed E-state index contributed by atoms with van der Waals surface area (Å²) >= 11 is 0. The first-order valence-electron chi connectivity index (χ1n) is 12.1. The summed E-state index contributed by atoms with van der Waals surface area (Å²) in [5.74, 6) is -3.48. The largest absolute Gasteiger partial charge is 0.340 e. The Morgan fingerprint density at radius 2 is 1.91 bits per heavy atom. The molecule has 2 amide bonds. The zero-order chi connectivity index (χ0) is 22.0. The Labute approximate surface area is 186 Å². The Bertz CT molecular complexity index is 879. The number of carbonyl (C=O) groups excluding carboxylic acids is 2. The SMILES string of the molecule is O=C([C@H]1[C@H]2C[C@H](CN(CCCn3ccnc3)C2)[C@@H]2CCCC(=O)N21)N1CC2C(C1)C2(F)F. The van der Waals surface area contributed by atoms with Crippen LogP contribution in [0.15, 0.2) is 18.7 Å². The maximum atomic E-state index is 13.7. The summed E-state index contributed by atoms with van der Waals surface area (Å²) in [6.45, 7) is 3.91. The molecule has 2 bridgehead atoms. The van der Waals surface area contributed by atoms with Crippen LogP contribution in [0.25, 0.3) is 0 Å². The Balaban J connectivity index is 1.18. The molecule has 174 valence electrons. The number of halogens is 2. The second-order valence-electron chi connectivity index (χ2n) is 10.5. The molecule has 0 N–H and O–H groups in total. The van der Waals surface area contributed by atoms with Crippen LogP contribution >= 0.6 is 0 Å². The van der Waals surface area contributed by atoms with Crippen molar-refractivity contribution in [3.05, 3.63) is 18.7 Å². The number of hydrogen-bond acceptors (Lipinski definition) is 4. The smallest absolute Gasteiger partial charge is 0.258 e. The lowest BCUT2D eigenvalue weighted by Crippen LogP contribution is -2.68. The van der Waals surface area contributed by atoms with Gasteiger partial charge in [-0.15, -0.1) is 0 Å². The van der Waals surface area contributed by atoms with Crippen LogP contribution in [0.3, 0.4) is 0 Å². The number of hydrogen-bond donors (Lipinski definition) is 0. The minimum absolute atomic E-state index is 0.0811. The van der Waals surface area contributed by atoms with Gasteiger partial charge in [-0.2, -0.15) is 0 Å². The predicted octanol–water partition coefficient (Wildman–Crippen LogP) is 1.70. The van der Waals surface area contributed by atoms with Gasteiger partial charge in [0.2, 0.25) is 11.8 Å². The highest BCUT2D eigenvalue weighted by Gasteiger charge is 2.72. The molecule has 9 heteroatoms. The molecule has 5 aliphatic rings. The number of amides is 2. The zero-order valence-corrected chi connectivity index (χ0v) is 18.3. The molecule has 0 spiro atoms. The number of likely N-dealkylation sites (tertiary alicyclic amines) is 2. The van der Waals surface area contributed by atoms with E-state index in [0.29, 0.717) is 12.3 Å². The van der Waals surface area contributed by atoms with Crippen molar-refractivity contribution in [2.45, 2.75) is 56.7 Å². The molecule has 5 heterocycles. The standard InChI is InChI=1S/C23H31F2N5O2/c24-23(25)17-12-29(13-18(17)23)22(32)21-16-9-15(19-3-1-4-20(31)30(19)21)10-28(11-16)7-2-6-27-8-5-26-14-27/h5,8,14-19,21H,1-4,6-7,9-13H2/t15-,16+,17?,18?,19+,21-/m1/s1. The zero-order valence-electron chi connectivity index (χ0n) is 18.3. The number of aromatic nitrogens is 2. The number of alkyl halides is 2. The summed E-state index contributed by atoms with van der Waals surface area (Å²) in [6.07, 6.45) is 9.87. The summed E-state index contributed by atoms with van der Waals surface area (Å²) in [4.78, 5) is 36.7. The molecular formula is C23H31F2N5O2. The van der Waals surface area contributed by atoms with Gasteiger partial charge in [0.1, 0.15) is 6.04 Å². The average molecular weight is 448 g/mol. The van der Waals surface area contributed by atoms with E-state index in [2.05, 4.69) is 14.5 Å². The minimum Gasteiger partial charge on any atom is -0.340 e. The Hall–Kier alpha value is -2.03. The van der Waals surface area contributed by atoms with E-state index in [1.807, 2.05) is 17.4 Å². The fourth-order valence-electron chi connectivity index (χ4n) is 7.02. The summed E-state index contributed by atoms with van der Waals surface area (Å²) in [6, 6.07) is -0.372. The van der Waals surface area contributed by atoms with Gasteiger partial charge in [-0.3, -0.25) is 9.59 Å². The van der Waals surface area contributed by atoms with Crippen molar-refractivity contribution in [2.24, 2.45) is 23.7 Å². The van der Waals surface area contributed by atoms with Crippen molar-refractivity contribution >= 4 is 11.8 Å². The molecule has 6 atom stereocenters. The molecule has 4 aliphatic heterocycles. The lowest BCUT2D eigenvalue weighted by Gasteiger charge is -2.56. The number of aryl methyl sites for hydroxylation is 1. The summed E-state index contributed by atoms with van der Waals surface area (Å²) in [7, 11) is 0. The second kappa shape index (κ2) is 7.50. The van der Waals surface area contributed by atoms with Gasteiger partial charge in [0.25, 0.3) is 5.92 Å². The Morgan fingerprint density at radius 3 is 2.66 bits per heavy atom. The Kier molecular flexibility index (Phi) is 4.82. The molecule has 7 nitrogen and oxygen atoms in total. The Morgan fingerprint density at radius 1 is 1.12 bits per heavy atom. The van der Waals surface area contributed by atoms with Gasteiger partial charge in [0.15, 0.2) is 0 Å². The van der Waals surface area contributed by atoms with E-state index >= 15 is 0 Å². The van der Waals surface area contributed by atoms with Crippen molar-refractivity contribution < 1.29 is 18.4 Å². The number of fused-ring (bicyclic) bond motifs is 5. The van der Waals surface area contributed by atoms with Crippen molar-refractivity contribution in [1.82, 2.24) is 24.3 Å². The van der Waals surface area contributed by atoms with Crippen LogP contribution < -0.4 is 0 Å². The van der Waals surface area contributed by atoms with Crippen LogP contribution in [0.1, 0.15) is 32.1 Å². The molecule has 1 aromatic rings. The van der Waals surface area contributed by atoms with Crippen LogP contribution in [0.5, 0.6) is 0 Å². The monoisotopic (exact) mass is 447 g/mol. The number of rotatable bonds is 5. The average Bonchev–Trinajstić information content (AvgIpc) is 3.25. The third-order valence-corrected chi connectivity index (χ3v) is 8.63. The van der Waals surface area contributed by atoms with Gasteiger partial charge in [0.05, 0.1) is 18.2 Å². The number of carbonyl (C=O) groups is 2. The van der Waals surface area contributed by atoms with Crippen molar-refractivity contribution in [1.29, 1.82) is 0 Å². The number of imidazole rings is 1. The molecule has 5 fully saturated rings. The first-order chi connectivity index (χ1) is 15.4. The van der Waals surface area contributed by atoms with Gasteiger partial charge in [-0.1, -0.05) is 0 Å². The molecule has 1 aliphatic carbocycles. The first-order valence-corrected chi connectivity index (χ1v) is 12.1. The van der Waals surface area contributed by atoms with Crippen LogP contribution in [0.4, 0.5) is 8.78 Å². The highest BCUT2D eigenvalue weighted by atomic mass is 19.3. The lowest BCUT2D eigenvalue weighted by molar-refractivity contribution is -0.165. The van der Waals surface area contributed by atoms with E-state index in [9.17, 15) is 18.4 Å². The van der Waals surface area contributed by atoms with Gasteiger partial charge in [-0.05, 0) is 38.1 Å². The highest BCUT2D eigenvalue weighted by Crippen LogP contribution is 2.59. The van der Waals surface area contributed by atoms with Gasteiger partial charge >= 0.3 is 0 Å². The van der Waals surface area contributed by atoms with Crippen LogP contribution in [-0.2, 0) is 16.1 Å². The van der Waals surface area contributed by atoms with E-state index in [-0.39, 0.29) is 36.9 Å². The fraction of sp³-hybridized carbons (Fsp3) is 0.783. The third kappa shape index (κ3) is 3.26. The molecule has 1 saturated carbocycles. The highest BCUT2D eigenvalue weighted by molar-refractivity contribution is 5.89. The van der Waals surface area contributed by atoms with Crippen molar-refractivity contribution in [2.75, 3.05) is 32.7 Å². The van der Waals surface area contributed by atoms with Crippen LogP contribution in [-0.4, -0.2) is 86.8 Å². The predicted molar refractivity (Wildman–Crippen MR) is 112 cm³/mol. The van der Waals surface area contributed by atoms with Gasteiger partial charge < -0.3 is 19.3 Å². The van der Waals surface area contributed by atoms with Crippen molar-refractivity contribution in [3.63, 3.8) is 0 Å². The molecule has 32 heavy (non-hydrogen) atoms. The number of nitrogens with zero attached hydrogens (tertiary/aromatic N) is 5. The molecule has 0 radical (unpaired) electrons. The molecule has 1 aromatic heterocycles. The maximum absolute atomic E-state index is 13.7. The van der Waals surface area contributed by atoms with E-state index in [0.717, 1.165) is 51.9 Å². The van der Waals surface area contributed by atoms with Gasteiger partial charge in [-0.25, -0.2) is 13.8 Å². The molecule has 4 saturated heterocycles. The van der Waals surface area contributed by atoms with E-state index in [1.54, 1.807) is 11.1 Å². The fourth-order valence-corrected chi connectivity index (χ4v) is 7.02. The normalized spacial score (nSPS) is 37.9. The first kappa shape index (κ1) is 20.6. The van der Waals surface area contributed by atoms with Crippen molar-refractivity contribution in [3.8, 4) is 0 Å². The van der Waals surface area contributed by atoms with Crippen LogP contribution in [0, 0.1) is 23.7 Å². The molecular weight excluding hydrogens is 416 g/mol. The van der Waals surface area contributed by atoms with E-state index < -0.39 is 23.8 Å². The summed E-state index contributed by atoms with van der Waals surface area (Å²) < 4.78 is 29.5. The second-order valence-corrected chi connectivity index (χ2v) is 10.5.